The Morgan fingerprint density at radius 2 is 1.82 bits per heavy atom. The number of amides is 2. The molecule has 1 heterocycles. The van der Waals surface area contributed by atoms with Crippen LogP contribution in [0.5, 0.6) is 0 Å². The van der Waals surface area contributed by atoms with E-state index in [0.29, 0.717) is 15.5 Å². The molecule has 2 aromatic carbocycles. The number of benzene rings is 2. The highest BCUT2D eigenvalue weighted by atomic mass is 79.9. The molecule has 0 spiro atoms. The number of hydrogen-bond donors (Lipinski definition) is 3. The molecule has 0 aliphatic heterocycles. The van der Waals surface area contributed by atoms with E-state index in [0.717, 1.165) is 22.5 Å². The van der Waals surface area contributed by atoms with Crippen LogP contribution in [0.25, 0.3) is 11.1 Å². The molecule has 0 atom stereocenters. The highest BCUT2D eigenvalue weighted by molar-refractivity contribution is 9.09. The number of carbonyl (C=O) groups is 2. The van der Waals surface area contributed by atoms with Crippen molar-refractivity contribution in [2.75, 3.05) is 16.9 Å². The summed E-state index contributed by atoms with van der Waals surface area (Å²) >= 11 is 5.50. The lowest BCUT2D eigenvalue weighted by Crippen LogP contribution is -2.36. The maximum atomic E-state index is 13.8. The van der Waals surface area contributed by atoms with Crippen molar-refractivity contribution >= 4 is 72.4 Å². The van der Waals surface area contributed by atoms with Gasteiger partial charge >= 0.3 is 6.09 Å². The van der Waals surface area contributed by atoms with Gasteiger partial charge in [0.1, 0.15) is 11.4 Å². The molecule has 0 aliphatic rings. The van der Waals surface area contributed by atoms with Gasteiger partial charge in [-0.25, -0.2) is 13.2 Å². The van der Waals surface area contributed by atoms with Crippen molar-refractivity contribution in [2.24, 2.45) is 0 Å². The molecule has 3 N–H and O–H groups in total. The van der Waals surface area contributed by atoms with Gasteiger partial charge in [-0.3, -0.25) is 15.5 Å². The molecule has 1 aromatic heterocycles. The number of alkyl halides is 1. The lowest BCUT2D eigenvalue weighted by Gasteiger charge is -2.19. The number of rotatable bonds is 7. The van der Waals surface area contributed by atoms with Crippen molar-refractivity contribution in [3.05, 3.63) is 59.0 Å². The third kappa shape index (κ3) is 7.04. The lowest BCUT2D eigenvalue weighted by molar-refractivity contribution is -0.113. The van der Waals surface area contributed by atoms with Crippen LogP contribution < -0.4 is 10.6 Å². The predicted molar refractivity (Wildman–Crippen MR) is 157 cm³/mol. The van der Waals surface area contributed by atoms with E-state index in [1.54, 1.807) is 51.3 Å². The summed E-state index contributed by atoms with van der Waals surface area (Å²) in [5.41, 5.74) is 2.06. The fourth-order valence-electron chi connectivity index (χ4n) is 3.56. The molecular weight excluding hydrogens is 610 g/mol. The minimum atomic E-state index is -3.98. The Labute approximate surface area is 239 Å². The van der Waals surface area contributed by atoms with E-state index in [4.69, 9.17) is 10.1 Å². The third-order valence-corrected chi connectivity index (χ3v) is 9.95. The molecule has 12 heteroatoms. The smallest absolute Gasteiger partial charge is 0.413 e. The van der Waals surface area contributed by atoms with E-state index < -0.39 is 21.5 Å². The zero-order valence-electron chi connectivity index (χ0n) is 21.5. The number of thiophene rings is 1. The Kier molecular flexibility index (Phi) is 9.45. The normalized spacial score (nSPS) is 11.6. The van der Waals surface area contributed by atoms with E-state index in [1.807, 2.05) is 19.1 Å². The SMILES string of the molecule is CSc1sc(C(=N)NC(=O)OC(C)(C)C)cc1S(=O)(=O)c1cccc(-c2c(C)cccc2NC(=O)CBr)c1. The Balaban J connectivity index is 2.00. The first kappa shape index (κ1) is 29.9. The summed E-state index contributed by atoms with van der Waals surface area (Å²) < 4.78 is 33.2. The Morgan fingerprint density at radius 1 is 1.13 bits per heavy atom. The van der Waals surface area contributed by atoms with Crippen molar-refractivity contribution < 1.29 is 22.7 Å². The third-order valence-electron chi connectivity index (χ3n) is 5.11. The number of amidine groups is 1. The zero-order valence-corrected chi connectivity index (χ0v) is 25.5. The molecule has 8 nitrogen and oxygen atoms in total. The molecule has 0 saturated carbocycles. The largest absolute Gasteiger partial charge is 0.444 e. The van der Waals surface area contributed by atoms with Crippen LogP contribution in [0.4, 0.5) is 10.5 Å². The number of sulfone groups is 1. The summed E-state index contributed by atoms with van der Waals surface area (Å²) in [6.45, 7) is 7.02. The van der Waals surface area contributed by atoms with Crippen LogP contribution in [0, 0.1) is 12.3 Å². The van der Waals surface area contributed by atoms with E-state index in [9.17, 15) is 18.0 Å². The number of alkyl carbamates (subject to hydrolysis) is 1. The monoisotopic (exact) mass is 637 g/mol. The molecular formula is C26H28BrN3O5S3. The van der Waals surface area contributed by atoms with Crippen LogP contribution in [-0.4, -0.2) is 43.4 Å². The van der Waals surface area contributed by atoms with Gasteiger partial charge < -0.3 is 10.1 Å². The minimum Gasteiger partial charge on any atom is -0.444 e. The van der Waals surface area contributed by atoms with Crippen molar-refractivity contribution in [3.63, 3.8) is 0 Å². The first-order valence-corrected chi connectivity index (χ1v) is 16.0. The molecule has 0 bridgehead atoms. The van der Waals surface area contributed by atoms with Crippen molar-refractivity contribution in [1.29, 1.82) is 5.41 Å². The van der Waals surface area contributed by atoms with Crippen LogP contribution in [0.15, 0.2) is 62.5 Å². The quantitative estimate of drug-likeness (QED) is 0.118. The van der Waals surface area contributed by atoms with Crippen molar-refractivity contribution in [3.8, 4) is 11.1 Å². The lowest BCUT2D eigenvalue weighted by atomic mass is 9.98. The summed E-state index contributed by atoms with van der Waals surface area (Å²) in [6.07, 6.45) is 0.960. The average Bonchev–Trinajstić information content (AvgIpc) is 3.28. The molecule has 202 valence electrons. The number of hydrogen-bond acceptors (Lipinski definition) is 8. The van der Waals surface area contributed by atoms with E-state index in [1.165, 1.54) is 23.9 Å². The highest BCUT2D eigenvalue weighted by Gasteiger charge is 2.27. The van der Waals surface area contributed by atoms with Crippen LogP contribution in [0.1, 0.15) is 31.2 Å². The van der Waals surface area contributed by atoms with Crippen LogP contribution in [0.3, 0.4) is 0 Å². The molecule has 2 amide bonds. The standard InChI is InChI=1S/C26H28BrN3O5S3/c1-15-8-6-11-18(29-21(31)14-27)22(15)16-9-7-10-17(12-16)38(33,34)20-13-19(37-24(20)36-5)23(28)30-25(32)35-26(2,3)4/h6-13H,14H2,1-5H3,(H,29,31)(H2,28,30,32). The Hall–Kier alpha value is -2.67. The fraction of sp³-hybridized carbons (Fsp3) is 0.269. The molecule has 0 fully saturated rings. The molecule has 0 unspecified atom stereocenters. The Bertz CT molecular complexity index is 1490. The summed E-state index contributed by atoms with van der Waals surface area (Å²) in [7, 11) is -3.98. The topological polar surface area (TPSA) is 125 Å². The second kappa shape index (κ2) is 12.0. The van der Waals surface area contributed by atoms with Crippen LogP contribution >= 0.6 is 39.0 Å². The summed E-state index contributed by atoms with van der Waals surface area (Å²) in [5, 5.41) is 13.6. The molecule has 0 aliphatic carbocycles. The summed E-state index contributed by atoms with van der Waals surface area (Å²) in [6, 6.07) is 13.4. The maximum Gasteiger partial charge on any atom is 0.413 e. The number of ether oxygens (including phenoxy) is 1. The molecule has 3 aromatic rings. The first-order valence-electron chi connectivity index (χ1n) is 11.3. The van der Waals surface area contributed by atoms with E-state index in [2.05, 4.69) is 26.6 Å². The molecule has 38 heavy (non-hydrogen) atoms. The van der Waals surface area contributed by atoms with Gasteiger partial charge in [-0.2, -0.15) is 0 Å². The van der Waals surface area contributed by atoms with Crippen molar-refractivity contribution in [2.45, 2.75) is 47.3 Å². The first-order chi connectivity index (χ1) is 17.8. The number of carbonyl (C=O) groups excluding carboxylic acids is 2. The highest BCUT2D eigenvalue weighted by Crippen LogP contribution is 2.39. The Morgan fingerprint density at radius 3 is 2.45 bits per heavy atom. The number of halogens is 1. The van der Waals surface area contributed by atoms with Crippen LogP contribution in [-0.2, 0) is 19.4 Å². The summed E-state index contributed by atoms with van der Waals surface area (Å²) in [5.74, 6) is -0.472. The van der Waals surface area contributed by atoms with Gasteiger partial charge in [0.05, 0.1) is 24.2 Å². The second-order valence-corrected chi connectivity index (χ2v) is 13.8. The number of nitrogens with one attached hydrogen (secondary N) is 3. The second-order valence-electron chi connectivity index (χ2n) is 9.18. The van der Waals surface area contributed by atoms with E-state index >= 15 is 0 Å². The van der Waals surface area contributed by atoms with E-state index in [-0.39, 0.29) is 31.7 Å². The van der Waals surface area contributed by atoms with Crippen molar-refractivity contribution in [1.82, 2.24) is 5.32 Å². The summed E-state index contributed by atoms with van der Waals surface area (Å²) in [4.78, 5) is 24.6. The maximum absolute atomic E-state index is 13.8. The van der Waals surface area contributed by atoms with Gasteiger partial charge in [0.25, 0.3) is 0 Å². The fourth-order valence-corrected chi connectivity index (χ4v) is 7.65. The number of aryl methyl sites for hydroxylation is 1. The van der Waals surface area contributed by atoms with Gasteiger partial charge in [0.2, 0.25) is 15.7 Å². The zero-order chi connectivity index (χ0) is 28.3. The molecule has 0 radical (unpaired) electrons. The van der Waals surface area contributed by atoms with Gasteiger partial charge in [-0.15, -0.1) is 23.1 Å². The number of anilines is 1. The van der Waals surface area contributed by atoms with Gasteiger partial charge in [0, 0.05) is 11.3 Å². The van der Waals surface area contributed by atoms with Gasteiger partial charge in [0.15, 0.2) is 0 Å². The number of thioether (sulfide) groups is 1. The molecule has 0 saturated heterocycles. The van der Waals surface area contributed by atoms with Gasteiger partial charge in [-0.1, -0.05) is 40.2 Å². The molecule has 3 rings (SSSR count). The van der Waals surface area contributed by atoms with Gasteiger partial charge in [-0.05, 0) is 69.3 Å². The van der Waals surface area contributed by atoms with Crippen LogP contribution in [0.2, 0.25) is 0 Å². The minimum absolute atomic E-state index is 0.0514. The predicted octanol–water partition coefficient (Wildman–Crippen LogP) is 6.46. The average molecular weight is 639 g/mol.